The summed E-state index contributed by atoms with van der Waals surface area (Å²) in [6, 6.07) is 16.5. The number of aliphatic carboxylic acids is 1. The Balaban J connectivity index is 1.17. The summed E-state index contributed by atoms with van der Waals surface area (Å²) in [5, 5.41) is 14.6. The van der Waals surface area contributed by atoms with E-state index in [2.05, 4.69) is 34.9 Å². The molecule has 35 heavy (non-hydrogen) atoms. The van der Waals surface area contributed by atoms with Crippen molar-refractivity contribution in [2.24, 2.45) is 17.8 Å². The second-order valence-corrected chi connectivity index (χ2v) is 9.96. The van der Waals surface area contributed by atoms with Crippen molar-refractivity contribution in [3.63, 3.8) is 0 Å². The van der Waals surface area contributed by atoms with Gasteiger partial charge in [-0.05, 0) is 59.3 Å². The van der Waals surface area contributed by atoms with Gasteiger partial charge >= 0.3 is 12.1 Å². The van der Waals surface area contributed by atoms with Crippen LogP contribution in [0.5, 0.6) is 0 Å². The average Bonchev–Trinajstić information content (AvgIpc) is 3.42. The molecule has 0 aromatic heterocycles. The molecular weight excluding hydrogens is 444 g/mol. The van der Waals surface area contributed by atoms with Crippen LogP contribution in [-0.4, -0.2) is 42.8 Å². The van der Waals surface area contributed by atoms with Crippen LogP contribution in [-0.2, 0) is 14.3 Å². The van der Waals surface area contributed by atoms with Crippen molar-refractivity contribution < 1.29 is 24.2 Å². The molecule has 3 atom stereocenters. The summed E-state index contributed by atoms with van der Waals surface area (Å²) in [5.41, 5.74) is 4.79. The lowest BCUT2D eigenvalue weighted by Gasteiger charge is -2.16. The monoisotopic (exact) mass is 478 g/mol. The molecule has 2 aromatic rings. The zero-order chi connectivity index (χ0) is 24.8. The smallest absolute Gasteiger partial charge is 0.407 e. The van der Waals surface area contributed by atoms with Gasteiger partial charge in [-0.25, -0.2) is 4.79 Å². The minimum absolute atomic E-state index is 0.0302. The lowest BCUT2D eigenvalue weighted by Crippen LogP contribution is -2.31. The molecule has 0 radical (unpaired) electrons. The summed E-state index contributed by atoms with van der Waals surface area (Å²) < 4.78 is 5.62. The number of ether oxygens (including phenoxy) is 1. The number of carboxylic acids is 1. The first-order valence-corrected chi connectivity index (χ1v) is 12.5. The van der Waals surface area contributed by atoms with Gasteiger partial charge in [0, 0.05) is 31.8 Å². The molecule has 0 spiro atoms. The van der Waals surface area contributed by atoms with Gasteiger partial charge in [-0.15, -0.1) is 0 Å². The van der Waals surface area contributed by atoms with Crippen molar-refractivity contribution in [2.75, 3.05) is 19.7 Å². The Morgan fingerprint density at radius 2 is 1.60 bits per heavy atom. The van der Waals surface area contributed by atoms with Gasteiger partial charge in [0.2, 0.25) is 5.91 Å². The molecule has 7 nitrogen and oxygen atoms in total. The normalized spacial score (nSPS) is 19.5. The molecule has 186 valence electrons. The maximum absolute atomic E-state index is 12.4. The Morgan fingerprint density at radius 3 is 2.26 bits per heavy atom. The van der Waals surface area contributed by atoms with Crippen LogP contribution in [0.4, 0.5) is 4.79 Å². The molecule has 0 saturated heterocycles. The molecule has 4 rings (SSSR count). The standard InChI is InChI=1S/C28H34N2O5/c1-18(12-27(32)33)15-29-26(31)14-19-10-11-20(13-19)16-30-28(34)35-17-25-23-8-4-2-6-21(23)22-7-3-5-9-24(22)25/h2-9,18-20,25H,10-17H2,1H3,(H,29,31)(H,30,34)(H,32,33). The van der Waals surface area contributed by atoms with Crippen LogP contribution in [0.3, 0.4) is 0 Å². The highest BCUT2D eigenvalue weighted by atomic mass is 16.5. The fourth-order valence-electron chi connectivity index (χ4n) is 5.42. The van der Waals surface area contributed by atoms with Crippen molar-refractivity contribution in [2.45, 2.75) is 44.9 Å². The summed E-state index contributed by atoms with van der Waals surface area (Å²) in [6.07, 6.45) is 2.91. The van der Waals surface area contributed by atoms with Crippen LogP contribution in [0.25, 0.3) is 11.1 Å². The maximum Gasteiger partial charge on any atom is 0.407 e. The minimum atomic E-state index is -0.853. The number of hydrogen-bond donors (Lipinski definition) is 3. The third kappa shape index (κ3) is 6.41. The zero-order valence-electron chi connectivity index (χ0n) is 20.2. The molecule has 1 fully saturated rings. The van der Waals surface area contributed by atoms with E-state index in [-0.39, 0.29) is 24.2 Å². The maximum atomic E-state index is 12.4. The molecule has 2 aliphatic carbocycles. The first-order chi connectivity index (χ1) is 16.9. The number of nitrogens with one attached hydrogen (secondary N) is 2. The zero-order valence-corrected chi connectivity index (χ0v) is 20.2. The fourth-order valence-corrected chi connectivity index (χ4v) is 5.42. The second kappa shape index (κ2) is 11.4. The topological polar surface area (TPSA) is 105 Å². The number of carbonyl (C=O) groups is 3. The Bertz CT molecular complexity index is 1020. The van der Waals surface area contributed by atoms with Gasteiger partial charge in [0.05, 0.1) is 0 Å². The predicted molar refractivity (Wildman–Crippen MR) is 133 cm³/mol. The Morgan fingerprint density at radius 1 is 0.971 bits per heavy atom. The number of benzene rings is 2. The molecule has 0 heterocycles. The third-order valence-electron chi connectivity index (χ3n) is 7.17. The first kappa shape index (κ1) is 24.8. The van der Waals surface area contributed by atoms with Crippen molar-refractivity contribution >= 4 is 18.0 Å². The van der Waals surface area contributed by atoms with E-state index < -0.39 is 12.1 Å². The number of fused-ring (bicyclic) bond motifs is 3. The van der Waals surface area contributed by atoms with Crippen LogP contribution in [0.15, 0.2) is 48.5 Å². The van der Waals surface area contributed by atoms with E-state index >= 15 is 0 Å². The SMILES string of the molecule is CC(CNC(=O)CC1CCC(CNC(=O)OCC2c3ccccc3-c3ccccc32)C1)CC(=O)O. The lowest BCUT2D eigenvalue weighted by atomic mass is 9.98. The highest BCUT2D eigenvalue weighted by Gasteiger charge is 2.30. The third-order valence-corrected chi connectivity index (χ3v) is 7.17. The number of hydrogen-bond acceptors (Lipinski definition) is 4. The number of amides is 2. The quantitative estimate of drug-likeness (QED) is 0.464. The van der Waals surface area contributed by atoms with E-state index in [1.54, 1.807) is 0 Å². The van der Waals surface area contributed by atoms with E-state index in [9.17, 15) is 14.4 Å². The summed E-state index contributed by atoms with van der Waals surface area (Å²) >= 11 is 0. The van der Waals surface area contributed by atoms with E-state index in [0.29, 0.717) is 38.0 Å². The molecule has 3 N–H and O–H groups in total. The van der Waals surface area contributed by atoms with Gasteiger partial charge in [0.1, 0.15) is 6.61 Å². The van der Waals surface area contributed by atoms with Crippen molar-refractivity contribution in [3.05, 3.63) is 59.7 Å². The second-order valence-electron chi connectivity index (χ2n) is 9.96. The molecule has 0 aliphatic heterocycles. The van der Waals surface area contributed by atoms with Crippen LogP contribution in [0, 0.1) is 17.8 Å². The number of rotatable bonds is 10. The molecule has 2 aliphatic rings. The molecule has 1 saturated carbocycles. The predicted octanol–water partition coefficient (Wildman–Crippen LogP) is 4.56. The van der Waals surface area contributed by atoms with Crippen molar-refractivity contribution in [3.8, 4) is 11.1 Å². The largest absolute Gasteiger partial charge is 0.481 e. The molecule has 3 unspecified atom stereocenters. The van der Waals surface area contributed by atoms with E-state index in [1.165, 1.54) is 22.3 Å². The lowest BCUT2D eigenvalue weighted by molar-refractivity contribution is -0.138. The van der Waals surface area contributed by atoms with Crippen LogP contribution in [0.1, 0.15) is 56.1 Å². The minimum Gasteiger partial charge on any atom is -0.481 e. The van der Waals surface area contributed by atoms with Gasteiger partial charge < -0.3 is 20.5 Å². The van der Waals surface area contributed by atoms with Gasteiger partial charge in [0.15, 0.2) is 0 Å². The Kier molecular flexibility index (Phi) is 8.06. The molecule has 7 heteroatoms. The highest BCUT2D eigenvalue weighted by molar-refractivity contribution is 5.79. The van der Waals surface area contributed by atoms with E-state index in [0.717, 1.165) is 19.3 Å². The van der Waals surface area contributed by atoms with Crippen molar-refractivity contribution in [1.82, 2.24) is 10.6 Å². The first-order valence-electron chi connectivity index (χ1n) is 12.5. The van der Waals surface area contributed by atoms with Crippen molar-refractivity contribution in [1.29, 1.82) is 0 Å². The Labute approximate surface area is 206 Å². The van der Waals surface area contributed by atoms with Gasteiger partial charge in [-0.1, -0.05) is 55.5 Å². The molecule has 2 amide bonds. The number of carboxylic acid groups (broad SMARTS) is 1. The number of alkyl carbamates (subject to hydrolysis) is 1. The van der Waals surface area contributed by atoms with E-state index in [4.69, 9.17) is 9.84 Å². The summed E-state index contributed by atoms with van der Waals surface area (Å²) in [7, 11) is 0. The summed E-state index contributed by atoms with van der Waals surface area (Å²) in [5.74, 6) is -0.306. The highest BCUT2D eigenvalue weighted by Crippen LogP contribution is 2.44. The molecule has 0 bridgehead atoms. The van der Waals surface area contributed by atoms with Crippen LogP contribution < -0.4 is 10.6 Å². The summed E-state index contributed by atoms with van der Waals surface area (Å²) in [6.45, 7) is 3.04. The van der Waals surface area contributed by atoms with Crippen LogP contribution in [0.2, 0.25) is 0 Å². The van der Waals surface area contributed by atoms with Gasteiger partial charge in [-0.2, -0.15) is 0 Å². The van der Waals surface area contributed by atoms with Crippen LogP contribution >= 0.6 is 0 Å². The number of carbonyl (C=O) groups excluding carboxylic acids is 2. The van der Waals surface area contributed by atoms with Gasteiger partial charge in [0.25, 0.3) is 0 Å². The Hall–Kier alpha value is -3.35. The molecule has 2 aromatic carbocycles. The summed E-state index contributed by atoms with van der Waals surface area (Å²) in [4.78, 5) is 35.4. The van der Waals surface area contributed by atoms with Gasteiger partial charge in [-0.3, -0.25) is 9.59 Å². The fraction of sp³-hybridized carbons (Fsp3) is 0.464. The van der Waals surface area contributed by atoms with E-state index in [1.807, 2.05) is 31.2 Å². The average molecular weight is 479 g/mol. The molecular formula is C28H34N2O5.